The molecular weight excluding hydrogens is 400 g/mol. The zero-order chi connectivity index (χ0) is 22.6. The third-order valence-corrected chi connectivity index (χ3v) is 16.0. The molecule has 0 amide bonds. The first kappa shape index (κ1) is 24.2. The topological polar surface area (TPSA) is 42.5 Å². The van der Waals surface area contributed by atoms with Crippen molar-refractivity contribution in [1.82, 2.24) is 10.6 Å². The Balaban J connectivity index is 1.83. The van der Waals surface area contributed by atoms with Gasteiger partial charge in [0.15, 0.2) is 0 Å². The summed E-state index contributed by atoms with van der Waals surface area (Å²) in [7, 11) is 1.17. The van der Waals surface area contributed by atoms with Crippen molar-refractivity contribution >= 4 is 8.56 Å². The molecule has 2 heterocycles. The van der Waals surface area contributed by atoms with Gasteiger partial charge in [-0.3, -0.25) is 0 Å². The number of hydrogen-bond acceptors (Lipinski definition) is 4. The van der Waals surface area contributed by atoms with Crippen LogP contribution in [0.5, 0.6) is 0 Å². The second kappa shape index (κ2) is 8.68. The highest BCUT2D eigenvalue weighted by atomic mass is 28.4. The van der Waals surface area contributed by atoms with E-state index in [0.717, 1.165) is 11.8 Å². The molecule has 5 heteroatoms. The molecule has 31 heavy (non-hydrogen) atoms. The highest BCUT2D eigenvalue weighted by Crippen LogP contribution is 2.56. The van der Waals surface area contributed by atoms with Gasteiger partial charge in [0.05, 0.1) is 10.3 Å². The van der Waals surface area contributed by atoms with E-state index in [4.69, 9.17) is 8.85 Å². The van der Waals surface area contributed by atoms with Crippen LogP contribution in [0.3, 0.4) is 0 Å². The molecule has 10 unspecified atom stereocenters. The van der Waals surface area contributed by atoms with Gasteiger partial charge < -0.3 is 19.5 Å². The first-order chi connectivity index (χ1) is 14.7. The maximum atomic E-state index is 6.83. The number of fused-ring (bicyclic) bond motifs is 2. The van der Waals surface area contributed by atoms with Gasteiger partial charge in [0.1, 0.15) is 0 Å². The lowest BCUT2D eigenvalue weighted by Gasteiger charge is -2.66. The van der Waals surface area contributed by atoms with Crippen molar-refractivity contribution in [1.29, 1.82) is 0 Å². The van der Waals surface area contributed by atoms with Gasteiger partial charge in [-0.05, 0) is 88.9 Å². The molecule has 2 aliphatic heterocycles. The predicted molar refractivity (Wildman–Crippen MR) is 131 cm³/mol. The smallest absolute Gasteiger partial charge is 0.379 e. The van der Waals surface area contributed by atoms with Crippen molar-refractivity contribution in [3.8, 4) is 0 Å². The predicted octanol–water partition coefficient (Wildman–Crippen LogP) is 5.19. The summed E-state index contributed by atoms with van der Waals surface area (Å²) < 4.78 is 13.7. The fraction of sp³-hybridized carbons (Fsp3) is 1.00. The van der Waals surface area contributed by atoms with Gasteiger partial charge in [-0.15, -0.1) is 0 Å². The van der Waals surface area contributed by atoms with E-state index in [1.54, 1.807) is 0 Å². The van der Waals surface area contributed by atoms with Crippen LogP contribution < -0.4 is 10.6 Å². The van der Waals surface area contributed by atoms with Gasteiger partial charge in [-0.1, -0.05) is 39.5 Å². The maximum Gasteiger partial charge on any atom is 0.379 e. The van der Waals surface area contributed by atoms with Gasteiger partial charge >= 0.3 is 8.56 Å². The Labute approximate surface area is 193 Å². The molecule has 2 saturated heterocycles. The van der Waals surface area contributed by atoms with Gasteiger partial charge in [0, 0.05) is 26.3 Å². The van der Waals surface area contributed by atoms with Crippen molar-refractivity contribution < 1.29 is 8.85 Å². The fourth-order valence-corrected chi connectivity index (χ4v) is 14.8. The Morgan fingerprint density at radius 3 is 1.35 bits per heavy atom. The standard InChI is InChI=1S/C26H50N2O2Si/c1-17-19(3)27-25(5,23-15-11-9-13-21(17)23)31(29-7,30-8)26(6)24-16-12-10-14-22(24)18(2)20(4)28-26/h17-24,27-28H,9-16H2,1-8H3. The normalized spacial score (nSPS) is 51.1. The summed E-state index contributed by atoms with van der Waals surface area (Å²) in [4.78, 5) is 0. The molecule has 4 aliphatic rings. The maximum absolute atomic E-state index is 6.83. The van der Waals surface area contributed by atoms with Gasteiger partial charge in [0.25, 0.3) is 0 Å². The lowest BCUT2D eigenvalue weighted by molar-refractivity contribution is -0.0245. The summed E-state index contributed by atoms with van der Waals surface area (Å²) in [5.41, 5.74) is 0. The van der Waals surface area contributed by atoms with Crippen LogP contribution in [-0.2, 0) is 8.85 Å². The molecule has 2 aliphatic carbocycles. The minimum atomic E-state index is -2.77. The van der Waals surface area contributed by atoms with Crippen molar-refractivity contribution in [2.24, 2.45) is 35.5 Å². The highest BCUT2D eigenvalue weighted by molar-refractivity contribution is 6.74. The Hall–Kier alpha value is 0.0569. The van der Waals surface area contributed by atoms with E-state index in [9.17, 15) is 0 Å². The molecule has 0 spiro atoms. The van der Waals surface area contributed by atoms with E-state index in [-0.39, 0.29) is 10.3 Å². The average Bonchev–Trinajstić information content (AvgIpc) is 2.77. The summed E-state index contributed by atoms with van der Waals surface area (Å²) >= 11 is 0. The van der Waals surface area contributed by atoms with Crippen molar-refractivity contribution in [3.05, 3.63) is 0 Å². The molecule has 0 aromatic carbocycles. The summed E-state index contributed by atoms with van der Waals surface area (Å²) in [6.45, 7) is 14.8. The molecule has 2 N–H and O–H groups in total. The van der Waals surface area contributed by atoms with Crippen molar-refractivity contribution in [2.75, 3.05) is 14.2 Å². The summed E-state index contributed by atoms with van der Waals surface area (Å²) in [5, 5.41) is 8.20. The second-order valence-electron chi connectivity index (χ2n) is 12.1. The first-order valence-electron chi connectivity index (χ1n) is 13.3. The summed E-state index contributed by atoms with van der Waals surface area (Å²) in [6.07, 6.45) is 10.8. The molecule has 4 rings (SSSR count). The Kier molecular flexibility index (Phi) is 6.78. The monoisotopic (exact) mass is 450 g/mol. The largest absolute Gasteiger partial charge is 0.396 e. The van der Waals surface area contributed by atoms with Crippen LogP contribution >= 0.6 is 0 Å². The third kappa shape index (κ3) is 3.35. The van der Waals surface area contributed by atoms with E-state index in [0.29, 0.717) is 35.8 Å². The van der Waals surface area contributed by atoms with E-state index in [1.807, 2.05) is 14.2 Å². The highest BCUT2D eigenvalue weighted by Gasteiger charge is 2.73. The Morgan fingerprint density at radius 2 is 1.00 bits per heavy atom. The van der Waals surface area contributed by atoms with Gasteiger partial charge in [-0.2, -0.15) is 0 Å². The van der Waals surface area contributed by atoms with E-state index in [1.165, 1.54) is 51.4 Å². The minimum absolute atomic E-state index is 0.0996. The molecule has 0 radical (unpaired) electrons. The van der Waals surface area contributed by atoms with Crippen LogP contribution in [0.4, 0.5) is 0 Å². The molecule has 0 bridgehead atoms. The van der Waals surface area contributed by atoms with Crippen molar-refractivity contribution in [2.45, 2.75) is 115 Å². The molecule has 4 fully saturated rings. The van der Waals surface area contributed by atoms with Crippen LogP contribution in [-0.4, -0.2) is 45.2 Å². The number of hydrogen-bond donors (Lipinski definition) is 2. The van der Waals surface area contributed by atoms with E-state index < -0.39 is 8.56 Å². The quantitative estimate of drug-likeness (QED) is 0.579. The second-order valence-corrected chi connectivity index (χ2v) is 16.3. The minimum Gasteiger partial charge on any atom is -0.396 e. The van der Waals surface area contributed by atoms with Crippen LogP contribution in [0.2, 0.25) is 0 Å². The average molecular weight is 451 g/mol. The Bertz CT molecular complexity index is 593. The van der Waals surface area contributed by atoms with Crippen LogP contribution in [0.15, 0.2) is 0 Å². The van der Waals surface area contributed by atoms with Gasteiger partial charge in [0.2, 0.25) is 0 Å². The molecule has 180 valence electrons. The van der Waals surface area contributed by atoms with Crippen LogP contribution in [0.1, 0.15) is 92.9 Å². The first-order valence-corrected chi connectivity index (χ1v) is 15.1. The van der Waals surface area contributed by atoms with E-state index >= 15 is 0 Å². The SMILES string of the molecule is CO[Si](OC)(C1(C)NC(C)C(C)C2CCCCC21)C1(C)NC(C)C(C)C2CCCCC21. The van der Waals surface area contributed by atoms with Gasteiger partial charge in [-0.25, -0.2) is 0 Å². The number of piperidine rings is 2. The zero-order valence-corrected chi connectivity index (χ0v) is 22.6. The number of rotatable bonds is 4. The van der Waals surface area contributed by atoms with Crippen molar-refractivity contribution in [3.63, 3.8) is 0 Å². The lowest BCUT2D eigenvalue weighted by atomic mass is 9.65. The summed E-state index contributed by atoms with van der Waals surface area (Å²) in [5.74, 6) is 4.25. The third-order valence-electron chi connectivity index (χ3n) is 11.0. The fourth-order valence-electron chi connectivity index (χ4n) is 9.32. The summed E-state index contributed by atoms with van der Waals surface area (Å²) in [6, 6.07) is 0.986. The molecule has 0 aromatic heterocycles. The lowest BCUT2D eigenvalue weighted by Crippen LogP contribution is -2.89. The van der Waals surface area contributed by atoms with Crippen LogP contribution in [0.25, 0.3) is 0 Å². The molecule has 10 atom stereocenters. The molecular formula is C26H50N2O2Si. The van der Waals surface area contributed by atoms with Crippen LogP contribution in [0, 0.1) is 35.5 Å². The molecule has 0 aromatic rings. The Morgan fingerprint density at radius 1 is 0.645 bits per heavy atom. The zero-order valence-electron chi connectivity index (χ0n) is 21.6. The molecule has 4 nitrogen and oxygen atoms in total. The van der Waals surface area contributed by atoms with E-state index in [2.05, 4.69) is 52.2 Å². The number of nitrogens with one attached hydrogen (secondary N) is 2. The molecule has 2 saturated carbocycles.